The molecule has 0 unspecified atom stereocenters. The number of rotatable bonds is 12. The molecule has 0 aliphatic carbocycles. The van der Waals surface area contributed by atoms with Crippen LogP contribution in [0.5, 0.6) is 0 Å². The third-order valence-electron chi connectivity index (χ3n) is 5.30. The molecule has 0 aromatic rings. The molecule has 5 N–H and O–H groups in total. The Balaban J connectivity index is 5.74. The van der Waals surface area contributed by atoms with Crippen molar-refractivity contribution in [2.75, 3.05) is 13.6 Å². The lowest BCUT2D eigenvalue weighted by atomic mass is 9.84. The standard InChI is InChI=1S/C21H42N4O4/c1-9-14(10-2)12-23-16(19(27)25-29)15(11-13(3)4)18(26)24-17(20(28)22-8)21(5,6)7/h13-17,23,29H,9-12H2,1-8H3,(H,22,28)(H,24,26)(H,25,27)/t15-,16+,17-/m1/s1. The van der Waals surface area contributed by atoms with Crippen LogP contribution in [0.1, 0.15) is 67.7 Å². The van der Waals surface area contributed by atoms with Crippen LogP contribution in [0.3, 0.4) is 0 Å². The SMILES string of the molecule is CCC(CC)CN[C@H](C(=O)NO)[C@@H](CC(C)C)C(=O)N[C@H](C(=O)NC)C(C)(C)C. The van der Waals surface area contributed by atoms with Crippen LogP contribution in [-0.2, 0) is 14.4 Å². The number of nitrogens with one attached hydrogen (secondary N) is 4. The first-order chi connectivity index (χ1) is 13.4. The van der Waals surface area contributed by atoms with Crippen LogP contribution in [0.2, 0.25) is 0 Å². The Morgan fingerprint density at radius 3 is 1.90 bits per heavy atom. The third-order valence-corrected chi connectivity index (χ3v) is 5.30. The minimum atomic E-state index is -0.895. The first kappa shape index (κ1) is 27.3. The predicted octanol–water partition coefficient (Wildman–Crippen LogP) is 1.83. The van der Waals surface area contributed by atoms with Crippen LogP contribution < -0.4 is 21.4 Å². The summed E-state index contributed by atoms with van der Waals surface area (Å²) in [6.45, 7) is 14.3. The van der Waals surface area contributed by atoms with Gasteiger partial charge in [-0.3, -0.25) is 19.6 Å². The molecule has 3 amide bonds. The van der Waals surface area contributed by atoms with E-state index >= 15 is 0 Å². The van der Waals surface area contributed by atoms with Crippen LogP contribution in [0.15, 0.2) is 0 Å². The largest absolute Gasteiger partial charge is 0.357 e. The second kappa shape index (κ2) is 12.8. The number of hydrogen-bond acceptors (Lipinski definition) is 5. The molecular weight excluding hydrogens is 372 g/mol. The highest BCUT2D eigenvalue weighted by Gasteiger charge is 2.38. The zero-order valence-electron chi connectivity index (χ0n) is 19.4. The molecule has 170 valence electrons. The quantitative estimate of drug-likeness (QED) is 0.246. The fraction of sp³-hybridized carbons (Fsp3) is 0.857. The molecule has 0 rings (SSSR count). The Morgan fingerprint density at radius 1 is 0.966 bits per heavy atom. The van der Waals surface area contributed by atoms with Gasteiger partial charge in [0.25, 0.3) is 5.91 Å². The molecule has 0 saturated carbocycles. The Kier molecular flexibility index (Phi) is 12.1. The molecular formula is C21H42N4O4. The molecule has 0 aliphatic rings. The Labute approximate surface area is 175 Å². The van der Waals surface area contributed by atoms with Gasteiger partial charge in [-0.1, -0.05) is 61.3 Å². The van der Waals surface area contributed by atoms with Crippen molar-refractivity contribution >= 4 is 17.7 Å². The summed E-state index contributed by atoms with van der Waals surface area (Å²) in [4.78, 5) is 38.0. The van der Waals surface area contributed by atoms with Crippen LogP contribution >= 0.6 is 0 Å². The van der Waals surface area contributed by atoms with Gasteiger partial charge in [-0.15, -0.1) is 0 Å². The van der Waals surface area contributed by atoms with Crippen LogP contribution in [0.25, 0.3) is 0 Å². The van der Waals surface area contributed by atoms with E-state index in [9.17, 15) is 19.6 Å². The van der Waals surface area contributed by atoms with E-state index in [1.54, 1.807) is 5.48 Å². The minimum Gasteiger partial charge on any atom is -0.357 e. The summed E-state index contributed by atoms with van der Waals surface area (Å²) < 4.78 is 0. The number of likely N-dealkylation sites (N-methyl/N-ethyl adjacent to an activating group) is 1. The molecule has 3 atom stereocenters. The zero-order valence-corrected chi connectivity index (χ0v) is 19.4. The monoisotopic (exact) mass is 414 g/mol. The van der Waals surface area contributed by atoms with Gasteiger partial charge in [-0.25, -0.2) is 5.48 Å². The van der Waals surface area contributed by atoms with E-state index in [0.717, 1.165) is 12.8 Å². The number of carbonyl (C=O) groups excluding carboxylic acids is 3. The molecule has 0 aliphatic heterocycles. The number of amides is 3. The van der Waals surface area contributed by atoms with E-state index in [2.05, 4.69) is 29.8 Å². The maximum atomic E-state index is 13.2. The van der Waals surface area contributed by atoms with Crippen molar-refractivity contribution in [2.24, 2.45) is 23.2 Å². The van der Waals surface area contributed by atoms with Crippen LogP contribution in [0, 0.1) is 23.2 Å². The highest BCUT2D eigenvalue weighted by atomic mass is 16.5. The van der Waals surface area contributed by atoms with Gasteiger partial charge in [0.05, 0.1) is 5.92 Å². The summed E-state index contributed by atoms with van der Waals surface area (Å²) in [5, 5.41) is 17.9. The molecule has 8 nitrogen and oxygen atoms in total. The van der Waals surface area contributed by atoms with E-state index in [1.165, 1.54) is 7.05 Å². The molecule has 29 heavy (non-hydrogen) atoms. The number of carbonyl (C=O) groups is 3. The highest BCUT2D eigenvalue weighted by Crippen LogP contribution is 2.23. The molecule has 0 heterocycles. The van der Waals surface area contributed by atoms with Gasteiger partial charge in [-0.2, -0.15) is 0 Å². The van der Waals surface area contributed by atoms with Crippen molar-refractivity contribution in [2.45, 2.75) is 79.8 Å². The average molecular weight is 415 g/mol. The van der Waals surface area contributed by atoms with Gasteiger partial charge >= 0.3 is 0 Å². The molecule has 0 saturated heterocycles. The maximum Gasteiger partial charge on any atom is 0.261 e. The second-order valence-electron chi connectivity index (χ2n) is 9.20. The first-order valence-corrected chi connectivity index (χ1v) is 10.6. The number of hydroxylamine groups is 1. The van der Waals surface area contributed by atoms with Crippen molar-refractivity contribution in [3.63, 3.8) is 0 Å². The smallest absolute Gasteiger partial charge is 0.261 e. The molecule has 0 radical (unpaired) electrons. The van der Waals surface area contributed by atoms with Crippen LogP contribution in [-0.4, -0.2) is 48.6 Å². The molecule has 0 spiro atoms. The molecule has 0 aromatic heterocycles. The first-order valence-electron chi connectivity index (χ1n) is 10.6. The van der Waals surface area contributed by atoms with Crippen molar-refractivity contribution in [1.82, 2.24) is 21.4 Å². The Hall–Kier alpha value is -1.67. The normalized spacial score (nSPS) is 15.0. The van der Waals surface area contributed by atoms with Crippen LogP contribution in [0.4, 0.5) is 0 Å². The van der Waals surface area contributed by atoms with E-state index in [-0.39, 0.29) is 17.7 Å². The minimum absolute atomic E-state index is 0.141. The number of hydrogen-bond donors (Lipinski definition) is 5. The summed E-state index contributed by atoms with van der Waals surface area (Å²) in [5.74, 6) is -1.55. The lowest BCUT2D eigenvalue weighted by molar-refractivity contribution is -0.140. The summed E-state index contributed by atoms with van der Waals surface area (Å²) in [7, 11) is 1.53. The Bertz CT molecular complexity index is 527. The maximum absolute atomic E-state index is 13.2. The van der Waals surface area contributed by atoms with Crippen molar-refractivity contribution in [1.29, 1.82) is 0 Å². The summed E-state index contributed by atoms with van der Waals surface area (Å²) in [6.07, 6.45) is 2.33. The second-order valence-corrected chi connectivity index (χ2v) is 9.20. The van der Waals surface area contributed by atoms with Gasteiger partial charge in [0, 0.05) is 7.05 Å². The molecule has 8 heteroatoms. The fourth-order valence-electron chi connectivity index (χ4n) is 3.33. The summed E-state index contributed by atoms with van der Waals surface area (Å²) >= 11 is 0. The van der Waals surface area contributed by atoms with Gasteiger partial charge in [0.1, 0.15) is 12.1 Å². The lowest BCUT2D eigenvalue weighted by Gasteiger charge is -2.33. The molecule has 0 fully saturated rings. The molecule has 0 aromatic carbocycles. The van der Waals surface area contributed by atoms with Gasteiger partial charge in [0.15, 0.2) is 0 Å². The van der Waals surface area contributed by atoms with Gasteiger partial charge < -0.3 is 16.0 Å². The third kappa shape index (κ3) is 9.12. The van der Waals surface area contributed by atoms with E-state index < -0.39 is 29.3 Å². The Morgan fingerprint density at radius 2 is 1.52 bits per heavy atom. The summed E-state index contributed by atoms with van der Waals surface area (Å²) in [6, 6.07) is -1.64. The van der Waals surface area contributed by atoms with Crippen molar-refractivity contribution in [3.8, 4) is 0 Å². The average Bonchev–Trinajstić information content (AvgIpc) is 2.65. The molecule has 0 bridgehead atoms. The summed E-state index contributed by atoms with van der Waals surface area (Å²) in [5.41, 5.74) is 1.19. The van der Waals surface area contributed by atoms with Crippen molar-refractivity contribution < 1.29 is 19.6 Å². The lowest BCUT2D eigenvalue weighted by Crippen LogP contribution is -2.58. The van der Waals surface area contributed by atoms with Crippen molar-refractivity contribution in [3.05, 3.63) is 0 Å². The fourth-order valence-corrected chi connectivity index (χ4v) is 3.33. The van der Waals surface area contributed by atoms with Gasteiger partial charge in [0.2, 0.25) is 11.8 Å². The van der Waals surface area contributed by atoms with E-state index in [0.29, 0.717) is 18.9 Å². The van der Waals surface area contributed by atoms with E-state index in [4.69, 9.17) is 0 Å². The van der Waals surface area contributed by atoms with Gasteiger partial charge in [-0.05, 0) is 30.2 Å². The predicted molar refractivity (Wildman–Crippen MR) is 114 cm³/mol. The highest BCUT2D eigenvalue weighted by molar-refractivity contribution is 5.93. The van der Waals surface area contributed by atoms with E-state index in [1.807, 2.05) is 34.6 Å². The topological polar surface area (TPSA) is 120 Å². The zero-order chi connectivity index (χ0) is 22.8.